The van der Waals surface area contributed by atoms with Crippen molar-refractivity contribution in [2.45, 2.75) is 82.2 Å². The number of fused-ring (bicyclic) bond motifs is 5. The average molecular weight is 1030 g/mol. The number of carbonyl (C=O) groups is 4. The summed E-state index contributed by atoms with van der Waals surface area (Å²) < 4.78 is 64.9. The smallest absolute Gasteiger partial charge is 0.471 e. The fourth-order valence-electron chi connectivity index (χ4n) is 12.6. The number of pyridine rings is 1. The van der Waals surface area contributed by atoms with Crippen LogP contribution in [0.25, 0.3) is 32.9 Å². The Balaban J connectivity index is 0.699. The molecule has 1 saturated carbocycles. The molecule has 0 spiro atoms. The lowest BCUT2D eigenvalue weighted by Gasteiger charge is -2.42. The van der Waals surface area contributed by atoms with Crippen LogP contribution in [0.15, 0.2) is 54.7 Å². The number of phenols is 1. The summed E-state index contributed by atoms with van der Waals surface area (Å²) in [6.45, 7) is 8.04. The number of piperidine rings is 2. The lowest BCUT2D eigenvalue weighted by molar-refractivity contribution is -0.188. The monoisotopic (exact) mass is 1030 g/mol. The maximum atomic E-state index is 17.3. The van der Waals surface area contributed by atoms with Crippen LogP contribution in [0.3, 0.4) is 0 Å². The van der Waals surface area contributed by atoms with Crippen molar-refractivity contribution in [3.63, 3.8) is 0 Å². The van der Waals surface area contributed by atoms with Gasteiger partial charge in [-0.25, -0.2) is 4.39 Å². The molecule has 12 rings (SSSR count). The number of halogens is 4. The van der Waals surface area contributed by atoms with Gasteiger partial charge in [-0.05, 0) is 98.2 Å². The minimum atomic E-state index is -5.01. The molecule has 3 aromatic carbocycles. The van der Waals surface area contributed by atoms with E-state index in [9.17, 15) is 37.5 Å². The van der Waals surface area contributed by atoms with E-state index in [-0.39, 0.29) is 83.1 Å². The first-order valence-electron chi connectivity index (χ1n) is 26.0. The zero-order valence-electron chi connectivity index (χ0n) is 41.3. The number of anilines is 2. The van der Waals surface area contributed by atoms with Gasteiger partial charge in [-0.3, -0.25) is 29.5 Å². The van der Waals surface area contributed by atoms with Crippen molar-refractivity contribution in [2.75, 3.05) is 81.9 Å². The molecule has 2 aromatic heterocycles. The van der Waals surface area contributed by atoms with E-state index in [2.05, 4.69) is 42.0 Å². The van der Waals surface area contributed by atoms with Crippen LogP contribution in [0.5, 0.6) is 11.8 Å². The van der Waals surface area contributed by atoms with E-state index in [1.807, 2.05) is 12.1 Å². The predicted octanol–water partition coefficient (Wildman–Crippen LogP) is 5.87. The minimum Gasteiger partial charge on any atom is -0.508 e. The fraction of sp³-hybridized carbons (Fsp3) is 0.473. The van der Waals surface area contributed by atoms with Gasteiger partial charge >= 0.3 is 18.1 Å². The Hall–Kier alpha value is -7.11. The number of phenolic OH excluding ortho intramolecular Hbond substituents is 1. The van der Waals surface area contributed by atoms with E-state index >= 15 is 4.39 Å². The molecule has 5 saturated heterocycles. The Morgan fingerprint density at radius 2 is 1.64 bits per heavy atom. The molecule has 2 N–H and O–H groups in total. The first kappa shape index (κ1) is 48.8. The van der Waals surface area contributed by atoms with Crippen LogP contribution < -0.4 is 19.9 Å². The number of aromatic nitrogens is 3. The van der Waals surface area contributed by atoms with Gasteiger partial charge < -0.3 is 39.2 Å². The normalized spacial score (nSPS) is 23.2. The lowest BCUT2D eigenvalue weighted by Crippen LogP contribution is -2.59. The molecular weight excluding hydrogens is 973 g/mol. The quantitative estimate of drug-likeness (QED) is 0.0918. The molecular formula is C55H56F4N10O6. The second-order valence-corrected chi connectivity index (χ2v) is 21.6. The number of carbonyl (C=O) groups excluding carboxylic acids is 4. The maximum Gasteiger partial charge on any atom is 0.471 e. The number of ether oxygens (including phenoxy) is 1. The Labute approximate surface area is 430 Å². The molecule has 5 aromatic rings. The van der Waals surface area contributed by atoms with Crippen LogP contribution in [-0.2, 0) is 20.9 Å². The molecule has 4 amide bonds. The molecule has 8 heterocycles. The summed E-state index contributed by atoms with van der Waals surface area (Å²) in [5, 5.41) is 14.4. The zero-order valence-corrected chi connectivity index (χ0v) is 41.3. The van der Waals surface area contributed by atoms with Gasteiger partial charge in [0.15, 0.2) is 5.82 Å². The van der Waals surface area contributed by atoms with Gasteiger partial charge in [-0.2, -0.15) is 23.1 Å². The summed E-state index contributed by atoms with van der Waals surface area (Å²) in [7, 11) is 0. The summed E-state index contributed by atoms with van der Waals surface area (Å²) in [5.41, 5.74) is 2.95. The Morgan fingerprint density at radius 3 is 2.35 bits per heavy atom. The molecule has 6 fully saturated rings. The number of rotatable bonds is 11. The summed E-state index contributed by atoms with van der Waals surface area (Å²) in [4.78, 5) is 75.8. The highest BCUT2D eigenvalue weighted by molar-refractivity contribution is 6.06. The second kappa shape index (κ2) is 18.9. The highest BCUT2D eigenvalue weighted by Gasteiger charge is 2.52. The van der Waals surface area contributed by atoms with Crippen LogP contribution in [0.2, 0.25) is 0 Å². The Bertz CT molecular complexity index is 3190. The number of alkyl halides is 3. The van der Waals surface area contributed by atoms with E-state index < -0.39 is 41.9 Å². The molecule has 6 aliphatic heterocycles. The number of benzene rings is 3. The van der Waals surface area contributed by atoms with Gasteiger partial charge in [0, 0.05) is 118 Å². The number of aromatic hydroxyl groups is 1. The van der Waals surface area contributed by atoms with E-state index in [4.69, 9.17) is 16.1 Å². The number of terminal acetylenes is 1. The van der Waals surface area contributed by atoms with Gasteiger partial charge in [-0.1, -0.05) is 18.1 Å². The van der Waals surface area contributed by atoms with E-state index in [0.29, 0.717) is 53.6 Å². The zero-order chi connectivity index (χ0) is 51.9. The molecule has 75 heavy (non-hydrogen) atoms. The SMILES string of the molecule is C#Cc1cccc2cc(O)cc(-c3ncc4c(N5CC6CCC(C5)N6C(=O)C(F)(F)F)nc(OCC5(CN6CCN(CC7CCN(c8ccc9c(c8)CN(C8CCC(=O)NC8=O)C9=O)CC7)CC6)CC5)nc4c3F)c12. The van der Waals surface area contributed by atoms with Crippen molar-refractivity contribution in [1.82, 2.24) is 39.9 Å². The van der Waals surface area contributed by atoms with Crippen LogP contribution in [0.4, 0.5) is 29.1 Å². The highest BCUT2D eigenvalue weighted by Crippen LogP contribution is 2.47. The molecule has 3 unspecified atom stereocenters. The average Bonchev–Trinajstić information content (AvgIpc) is 4.02. The number of imide groups is 1. The Kier molecular flexibility index (Phi) is 12.3. The number of piperazine rings is 2. The fourth-order valence-corrected chi connectivity index (χ4v) is 12.6. The summed E-state index contributed by atoms with van der Waals surface area (Å²) in [6, 6.07) is 11.9. The van der Waals surface area contributed by atoms with Crippen molar-refractivity contribution < 1.29 is 46.6 Å². The van der Waals surface area contributed by atoms with Gasteiger partial charge in [-0.15, -0.1) is 6.42 Å². The van der Waals surface area contributed by atoms with Crippen LogP contribution in [0.1, 0.15) is 72.9 Å². The van der Waals surface area contributed by atoms with Gasteiger partial charge in [0.25, 0.3) is 5.91 Å². The predicted molar refractivity (Wildman–Crippen MR) is 269 cm³/mol. The van der Waals surface area contributed by atoms with Crippen molar-refractivity contribution in [3.05, 3.63) is 77.2 Å². The summed E-state index contributed by atoms with van der Waals surface area (Å²) in [6.07, 6.45) is 7.56. The van der Waals surface area contributed by atoms with Crippen molar-refractivity contribution in [3.8, 4) is 35.4 Å². The second-order valence-electron chi connectivity index (χ2n) is 21.6. The first-order chi connectivity index (χ1) is 36.1. The first-order valence-corrected chi connectivity index (χ1v) is 26.0. The maximum absolute atomic E-state index is 17.3. The molecule has 7 aliphatic rings. The van der Waals surface area contributed by atoms with Gasteiger partial charge in [0.1, 0.15) is 28.8 Å². The largest absolute Gasteiger partial charge is 0.508 e. The molecule has 1 aliphatic carbocycles. The molecule has 3 atom stereocenters. The Morgan fingerprint density at radius 1 is 0.893 bits per heavy atom. The van der Waals surface area contributed by atoms with Gasteiger partial charge in [0.2, 0.25) is 11.8 Å². The number of nitrogens with one attached hydrogen (secondary N) is 1. The third kappa shape index (κ3) is 9.21. The van der Waals surface area contributed by atoms with Crippen LogP contribution >= 0.6 is 0 Å². The standard InChI is InChI=1S/C55H56F4N10O6/c1-2-33-4-3-5-34-23-39(70)24-41(45(33)34)47-46(56)48-42(25-60-47)49(67-28-37-6-7-38(29-67)69(37)52(74)55(57,58)59)63-53(62-48)75-31-54(14-15-54)30-65-20-18-64(19-21-65)26-32-12-16-66(17-13-32)36-8-9-40-35(22-36)27-68(51(40)73)43-10-11-44(71)61-50(43)72/h1,3-5,8-9,22-25,32,37-38,43,70H,6-7,10-21,26-31H2,(H,61,71,72). The van der Waals surface area contributed by atoms with Crippen molar-refractivity contribution in [1.29, 1.82) is 0 Å². The van der Waals surface area contributed by atoms with Crippen LogP contribution in [0, 0.1) is 29.5 Å². The molecule has 0 radical (unpaired) electrons. The summed E-state index contributed by atoms with van der Waals surface area (Å²) in [5.74, 6) is -0.216. The van der Waals surface area contributed by atoms with E-state index in [0.717, 1.165) is 94.2 Å². The third-order valence-corrected chi connectivity index (χ3v) is 16.8. The minimum absolute atomic E-state index is 0.0420. The highest BCUT2D eigenvalue weighted by atomic mass is 19.4. The number of nitrogens with zero attached hydrogens (tertiary/aromatic N) is 9. The van der Waals surface area contributed by atoms with E-state index in [1.54, 1.807) is 28.0 Å². The van der Waals surface area contributed by atoms with Gasteiger partial charge in [0.05, 0.1) is 24.1 Å². The third-order valence-electron chi connectivity index (χ3n) is 16.8. The molecule has 16 nitrogen and oxygen atoms in total. The van der Waals surface area contributed by atoms with Crippen molar-refractivity contribution in [2.24, 2.45) is 11.3 Å². The lowest BCUT2D eigenvalue weighted by atomic mass is 9.95. The van der Waals surface area contributed by atoms with Crippen molar-refractivity contribution >= 4 is 56.8 Å². The number of amides is 4. The number of hydrogen-bond donors (Lipinski definition) is 2. The molecule has 2 bridgehead atoms. The summed E-state index contributed by atoms with van der Waals surface area (Å²) >= 11 is 0. The van der Waals surface area contributed by atoms with Crippen LogP contribution in [-0.4, -0.2) is 160 Å². The molecule has 390 valence electrons. The number of hydrogen-bond acceptors (Lipinski definition) is 13. The molecule has 20 heteroatoms. The topological polar surface area (TPSA) is 168 Å². The van der Waals surface area contributed by atoms with E-state index in [1.165, 1.54) is 18.3 Å².